The van der Waals surface area contributed by atoms with Gasteiger partial charge in [0.2, 0.25) is 5.91 Å². The fourth-order valence-corrected chi connectivity index (χ4v) is 2.21. The van der Waals surface area contributed by atoms with E-state index in [0.29, 0.717) is 24.4 Å². The maximum absolute atomic E-state index is 11.7. The lowest BCUT2D eigenvalue weighted by atomic mass is 9.97. The predicted molar refractivity (Wildman–Crippen MR) is 67.2 cm³/mol. The van der Waals surface area contributed by atoms with Gasteiger partial charge >= 0.3 is 5.97 Å². The number of hydrogen-bond donors (Lipinski definition) is 1. The van der Waals surface area contributed by atoms with Crippen molar-refractivity contribution < 1.29 is 14.7 Å². The van der Waals surface area contributed by atoms with E-state index >= 15 is 0 Å². The number of carboxylic acid groups (broad SMARTS) is 1. The van der Waals surface area contributed by atoms with Crippen LogP contribution in [0.5, 0.6) is 0 Å². The second-order valence-corrected chi connectivity index (χ2v) is 4.91. The zero-order valence-corrected chi connectivity index (χ0v) is 10.6. The van der Waals surface area contributed by atoms with E-state index in [1.165, 1.54) is 0 Å². The highest BCUT2D eigenvalue weighted by Crippen LogP contribution is 2.20. The van der Waals surface area contributed by atoms with E-state index < -0.39 is 11.9 Å². The molecule has 1 aliphatic heterocycles. The van der Waals surface area contributed by atoms with Gasteiger partial charge in [0.15, 0.2) is 0 Å². The van der Waals surface area contributed by atoms with Crippen LogP contribution in [-0.4, -0.2) is 28.4 Å². The van der Waals surface area contributed by atoms with Gasteiger partial charge in [0, 0.05) is 24.5 Å². The second-order valence-electron chi connectivity index (χ2n) is 4.47. The number of amides is 1. The van der Waals surface area contributed by atoms with Gasteiger partial charge in [-0.2, -0.15) is 0 Å². The van der Waals surface area contributed by atoms with Gasteiger partial charge in [-0.1, -0.05) is 23.7 Å². The van der Waals surface area contributed by atoms with Crippen LogP contribution >= 0.6 is 11.6 Å². The first-order valence-corrected chi connectivity index (χ1v) is 6.19. The zero-order valence-electron chi connectivity index (χ0n) is 9.80. The quantitative estimate of drug-likeness (QED) is 0.913. The van der Waals surface area contributed by atoms with E-state index in [0.717, 1.165) is 5.56 Å². The molecule has 0 spiro atoms. The van der Waals surface area contributed by atoms with Gasteiger partial charge in [0.25, 0.3) is 0 Å². The van der Waals surface area contributed by atoms with E-state index in [1.54, 1.807) is 17.0 Å². The standard InChI is InChI=1S/C13H14ClNO3/c14-11-4-1-9(2-5-11)7-15-8-10(13(17)18)3-6-12(15)16/h1-2,4-5,10H,3,6-8H2,(H,17,18)/t10-/m1/s1. The van der Waals surface area contributed by atoms with E-state index in [9.17, 15) is 9.59 Å². The fourth-order valence-electron chi connectivity index (χ4n) is 2.08. The van der Waals surface area contributed by atoms with Gasteiger partial charge in [-0.15, -0.1) is 0 Å². The third-order valence-electron chi connectivity index (χ3n) is 3.14. The first kappa shape index (κ1) is 12.9. The van der Waals surface area contributed by atoms with Crippen molar-refractivity contribution in [3.63, 3.8) is 0 Å². The number of carbonyl (C=O) groups is 2. The molecule has 2 rings (SSSR count). The number of carboxylic acids is 1. The number of likely N-dealkylation sites (tertiary alicyclic amines) is 1. The van der Waals surface area contributed by atoms with Gasteiger partial charge in [-0.25, -0.2) is 0 Å². The second kappa shape index (κ2) is 5.40. The van der Waals surface area contributed by atoms with Crippen LogP contribution in [-0.2, 0) is 16.1 Å². The molecule has 0 saturated carbocycles. The molecule has 18 heavy (non-hydrogen) atoms. The summed E-state index contributed by atoms with van der Waals surface area (Å²) in [6.07, 6.45) is 0.746. The van der Waals surface area contributed by atoms with Crippen molar-refractivity contribution in [2.24, 2.45) is 5.92 Å². The van der Waals surface area contributed by atoms with Gasteiger partial charge < -0.3 is 10.0 Å². The zero-order chi connectivity index (χ0) is 13.1. The molecule has 1 atom stereocenters. The topological polar surface area (TPSA) is 57.6 Å². The minimum Gasteiger partial charge on any atom is -0.481 e. The summed E-state index contributed by atoms with van der Waals surface area (Å²) in [5.41, 5.74) is 0.957. The van der Waals surface area contributed by atoms with Crippen LogP contribution in [0.4, 0.5) is 0 Å². The van der Waals surface area contributed by atoms with E-state index in [2.05, 4.69) is 0 Å². The Bertz CT molecular complexity index is 458. The summed E-state index contributed by atoms with van der Waals surface area (Å²) in [5.74, 6) is -1.26. The number of halogens is 1. The summed E-state index contributed by atoms with van der Waals surface area (Å²) in [6, 6.07) is 7.22. The minimum atomic E-state index is -0.830. The van der Waals surface area contributed by atoms with E-state index in [1.807, 2.05) is 12.1 Å². The smallest absolute Gasteiger partial charge is 0.308 e. The summed E-state index contributed by atoms with van der Waals surface area (Å²) in [4.78, 5) is 24.3. The molecule has 1 N–H and O–H groups in total. The van der Waals surface area contributed by atoms with E-state index in [-0.39, 0.29) is 12.5 Å². The summed E-state index contributed by atoms with van der Waals surface area (Å²) >= 11 is 5.79. The molecule has 1 saturated heterocycles. The van der Waals surface area contributed by atoms with Crippen molar-refractivity contribution in [2.75, 3.05) is 6.54 Å². The molecule has 1 aromatic rings. The van der Waals surface area contributed by atoms with Crippen LogP contribution in [0, 0.1) is 5.92 Å². The van der Waals surface area contributed by atoms with Gasteiger partial charge in [0.05, 0.1) is 5.92 Å². The minimum absolute atomic E-state index is 0.0162. The van der Waals surface area contributed by atoms with Gasteiger partial charge in [-0.05, 0) is 24.1 Å². The average molecular weight is 268 g/mol. The number of carbonyl (C=O) groups excluding carboxylic acids is 1. The molecule has 0 aliphatic carbocycles. The molecule has 1 aliphatic rings. The van der Waals surface area contributed by atoms with Crippen LogP contribution in [0.1, 0.15) is 18.4 Å². The lowest BCUT2D eigenvalue weighted by Crippen LogP contribution is -2.41. The van der Waals surface area contributed by atoms with Crippen LogP contribution in [0.2, 0.25) is 5.02 Å². The van der Waals surface area contributed by atoms with E-state index in [4.69, 9.17) is 16.7 Å². The maximum Gasteiger partial charge on any atom is 0.308 e. The third kappa shape index (κ3) is 3.01. The molecule has 0 bridgehead atoms. The number of piperidine rings is 1. The molecule has 4 nitrogen and oxygen atoms in total. The van der Waals surface area contributed by atoms with Crippen molar-refractivity contribution >= 4 is 23.5 Å². The van der Waals surface area contributed by atoms with Crippen molar-refractivity contribution in [1.82, 2.24) is 4.90 Å². The Labute approximate surface area is 110 Å². The monoisotopic (exact) mass is 267 g/mol. The fraction of sp³-hybridized carbons (Fsp3) is 0.385. The highest BCUT2D eigenvalue weighted by molar-refractivity contribution is 6.30. The number of benzene rings is 1. The van der Waals surface area contributed by atoms with Crippen LogP contribution in [0.3, 0.4) is 0 Å². The van der Waals surface area contributed by atoms with Crippen molar-refractivity contribution in [3.8, 4) is 0 Å². The number of aliphatic carboxylic acids is 1. The summed E-state index contributed by atoms with van der Waals surface area (Å²) < 4.78 is 0. The summed E-state index contributed by atoms with van der Waals surface area (Å²) in [5, 5.41) is 9.63. The molecular formula is C13H14ClNO3. The Morgan fingerprint density at radius 2 is 2.06 bits per heavy atom. The normalized spacial score (nSPS) is 19.9. The number of hydrogen-bond acceptors (Lipinski definition) is 2. The average Bonchev–Trinajstić information content (AvgIpc) is 2.34. The summed E-state index contributed by atoms with van der Waals surface area (Å²) in [6.45, 7) is 0.733. The molecule has 0 radical (unpaired) electrons. The number of nitrogens with zero attached hydrogens (tertiary/aromatic N) is 1. The van der Waals surface area contributed by atoms with Crippen LogP contribution in [0.25, 0.3) is 0 Å². The molecule has 0 aromatic heterocycles. The predicted octanol–water partition coefficient (Wildman–Crippen LogP) is 2.16. The van der Waals surface area contributed by atoms with Crippen LogP contribution in [0.15, 0.2) is 24.3 Å². The highest BCUT2D eigenvalue weighted by atomic mass is 35.5. The molecule has 1 fully saturated rings. The molecular weight excluding hydrogens is 254 g/mol. The summed E-state index contributed by atoms with van der Waals surface area (Å²) in [7, 11) is 0. The Kier molecular flexibility index (Phi) is 3.87. The molecule has 5 heteroatoms. The van der Waals surface area contributed by atoms with Gasteiger partial charge in [0.1, 0.15) is 0 Å². The maximum atomic E-state index is 11.7. The Balaban J connectivity index is 2.04. The highest BCUT2D eigenvalue weighted by Gasteiger charge is 2.29. The molecule has 96 valence electrons. The van der Waals surface area contributed by atoms with Gasteiger partial charge in [-0.3, -0.25) is 9.59 Å². The van der Waals surface area contributed by atoms with Crippen molar-refractivity contribution in [3.05, 3.63) is 34.9 Å². The SMILES string of the molecule is O=C(O)[C@@H]1CCC(=O)N(Cc2ccc(Cl)cc2)C1. The third-order valence-corrected chi connectivity index (χ3v) is 3.39. The Hall–Kier alpha value is -1.55. The first-order valence-electron chi connectivity index (χ1n) is 5.81. The molecule has 1 heterocycles. The van der Waals surface area contributed by atoms with Crippen molar-refractivity contribution in [2.45, 2.75) is 19.4 Å². The van der Waals surface area contributed by atoms with Crippen LogP contribution < -0.4 is 0 Å². The lowest BCUT2D eigenvalue weighted by molar-refractivity contribution is -0.147. The first-order chi connectivity index (χ1) is 8.56. The molecule has 1 amide bonds. The largest absolute Gasteiger partial charge is 0.481 e. The molecule has 0 unspecified atom stereocenters. The van der Waals surface area contributed by atoms with Crippen molar-refractivity contribution in [1.29, 1.82) is 0 Å². The Morgan fingerprint density at radius 1 is 1.39 bits per heavy atom. The Morgan fingerprint density at radius 3 is 2.67 bits per heavy atom. The molecule has 1 aromatic carbocycles. The lowest BCUT2D eigenvalue weighted by Gasteiger charge is -2.30. The number of rotatable bonds is 3.